The Morgan fingerprint density at radius 1 is 1.38 bits per heavy atom. The number of hydrogen-bond acceptors (Lipinski definition) is 3. The molecule has 0 aliphatic rings. The van der Waals surface area contributed by atoms with Gasteiger partial charge in [0.2, 0.25) is 0 Å². The fourth-order valence-electron chi connectivity index (χ4n) is 1.07. The van der Waals surface area contributed by atoms with Crippen molar-refractivity contribution in [2.75, 3.05) is 13.7 Å². The molecule has 0 fully saturated rings. The molecule has 0 N–H and O–H groups in total. The van der Waals surface area contributed by atoms with E-state index < -0.39 is 0 Å². The zero-order valence-corrected chi connectivity index (χ0v) is 9.30. The molecule has 1 aromatic carbocycles. The smallest absolute Gasteiger partial charge is 0.250 e. The van der Waals surface area contributed by atoms with E-state index in [1.54, 1.807) is 12.2 Å². The third-order valence-electron chi connectivity index (χ3n) is 1.75. The van der Waals surface area contributed by atoms with Gasteiger partial charge in [-0.1, -0.05) is 43.0 Å². The predicted octanol–water partition coefficient (Wildman–Crippen LogP) is 2.86. The maximum Gasteiger partial charge on any atom is 0.250 e. The third kappa shape index (κ3) is 4.46. The summed E-state index contributed by atoms with van der Waals surface area (Å²) in [5.74, 6) is 0.422. The van der Waals surface area contributed by atoms with Crippen LogP contribution in [0, 0.1) is 0 Å². The molecule has 0 heterocycles. The Morgan fingerprint density at radius 2 is 2.12 bits per heavy atom. The standard InChI is InChI=1S/C13H15NO2/c1-3-11-16-13(14-15-2)10-9-12-7-5-4-6-8-12/h3-10H,1,11H2,2H3/b10-9+,14-13+. The minimum Gasteiger partial charge on any atom is -0.471 e. The number of hydrogen-bond donors (Lipinski definition) is 0. The van der Waals surface area contributed by atoms with Crippen molar-refractivity contribution in [1.29, 1.82) is 0 Å². The maximum absolute atomic E-state index is 5.27. The molecule has 0 bridgehead atoms. The van der Waals surface area contributed by atoms with Crippen LogP contribution >= 0.6 is 0 Å². The molecule has 0 amide bonds. The lowest BCUT2D eigenvalue weighted by Gasteiger charge is -2.01. The quantitative estimate of drug-likeness (QED) is 0.328. The number of nitrogens with zero attached hydrogens (tertiary/aromatic N) is 1. The van der Waals surface area contributed by atoms with Crippen molar-refractivity contribution in [3.8, 4) is 0 Å². The van der Waals surface area contributed by atoms with E-state index in [1.807, 2.05) is 36.4 Å². The summed E-state index contributed by atoms with van der Waals surface area (Å²) in [6.45, 7) is 3.97. The summed E-state index contributed by atoms with van der Waals surface area (Å²) < 4.78 is 5.27. The van der Waals surface area contributed by atoms with Gasteiger partial charge in [0.15, 0.2) is 0 Å². The molecule has 1 rings (SSSR count). The highest BCUT2D eigenvalue weighted by molar-refractivity contribution is 5.91. The van der Waals surface area contributed by atoms with Gasteiger partial charge in [-0.3, -0.25) is 0 Å². The highest BCUT2D eigenvalue weighted by Crippen LogP contribution is 2.01. The van der Waals surface area contributed by atoms with E-state index in [1.165, 1.54) is 7.11 Å². The molecular formula is C13H15NO2. The molecule has 1 aromatic rings. The summed E-state index contributed by atoms with van der Waals surface area (Å²) in [6, 6.07) is 9.90. The van der Waals surface area contributed by atoms with Gasteiger partial charge in [-0.15, -0.1) is 0 Å². The fraction of sp³-hybridized carbons (Fsp3) is 0.154. The molecule has 0 aliphatic carbocycles. The van der Waals surface area contributed by atoms with Gasteiger partial charge in [0.05, 0.1) is 0 Å². The summed E-state index contributed by atoms with van der Waals surface area (Å²) in [5.41, 5.74) is 1.08. The first-order valence-electron chi connectivity index (χ1n) is 4.95. The van der Waals surface area contributed by atoms with E-state index in [9.17, 15) is 0 Å². The van der Waals surface area contributed by atoms with E-state index in [2.05, 4.69) is 16.6 Å². The summed E-state index contributed by atoms with van der Waals surface area (Å²) in [5, 5.41) is 3.74. The first-order chi connectivity index (χ1) is 7.86. The van der Waals surface area contributed by atoms with Crippen molar-refractivity contribution in [2.45, 2.75) is 0 Å². The second kappa shape index (κ2) is 7.29. The van der Waals surface area contributed by atoms with Crippen molar-refractivity contribution < 1.29 is 9.57 Å². The molecule has 0 radical (unpaired) electrons. The average molecular weight is 217 g/mol. The monoisotopic (exact) mass is 217 g/mol. The fourth-order valence-corrected chi connectivity index (χ4v) is 1.07. The molecule has 0 aromatic heterocycles. The molecule has 3 heteroatoms. The van der Waals surface area contributed by atoms with Crippen LogP contribution in [-0.4, -0.2) is 19.6 Å². The van der Waals surface area contributed by atoms with Gasteiger partial charge in [-0.2, -0.15) is 0 Å². The minimum absolute atomic E-state index is 0.404. The molecule has 0 atom stereocenters. The molecule has 0 aliphatic heterocycles. The summed E-state index contributed by atoms with van der Waals surface area (Å²) in [6.07, 6.45) is 5.31. The van der Waals surface area contributed by atoms with Crippen molar-refractivity contribution >= 4 is 12.0 Å². The van der Waals surface area contributed by atoms with Crippen LogP contribution in [0.4, 0.5) is 0 Å². The summed E-state index contributed by atoms with van der Waals surface area (Å²) in [4.78, 5) is 4.67. The molecule has 0 saturated carbocycles. The number of oxime groups is 1. The zero-order valence-electron chi connectivity index (χ0n) is 9.30. The van der Waals surface area contributed by atoms with Crippen LogP contribution in [0.3, 0.4) is 0 Å². The molecule has 84 valence electrons. The van der Waals surface area contributed by atoms with Crippen molar-refractivity contribution in [3.63, 3.8) is 0 Å². The normalized spacial score (nSPS) is 11.4. The molecular weight excluding hydrogens is 202 g/mol. The Kier molecular flexibility index (Phi) is 5.48. The van der Waals surface area contributed by atoms with Crippen LogP contribution in [-0.2, 0) is 9.57 Å². The third-order valence-corrected chi connectivity index (χ3v) is 1.75. The van der Waals surface area contributed by atoms with Crippen molar-refractivity contribution in [3.05, 3.63) is 54.6 Å². The topological polar surface area (TPSA) is 30.8 Å². The van der Waals surface area contributed by atoms with Crippen molar-refractivity contribution in [2.24, 2.45) is 5.16 Å². The summed E-state index contributed by atoms with van der Waals surface area (Å²) in [7, 11) is 1.48. The predicted molar refractivity (Wildman–Crippen MR) is 66.1 cm³/mol. The lowest BCUT2D eigenvalue weighted by atomic mass is 10.2. The van der Waals surface area contributed by atoms with Gasteiger partial charge in [-0.25, -0.2) is 0 Å². The van der Waals surface area contributed by atoms with Gasteiger partial charge in [-0.05, 0) is 16.8 Å². The Hall–Kier alpha value is -2.03. The number of ether oxygens (including phenoxy) is 1. The van der Waals surface area contributed by atoms with Crippen LogP contribution in [0.2, 0.25) is 0 Å². The zero-order chi connectivity index (χ0) is 11.6. The van der Waals surface area contributed by atoms with E-state index in [0.717, 1.165) is 5.56 Å². The van der Waals surface area contributed by atoms with E-state index in [4.69, 9.17) is 4.74 Å². The Morgan fingerprint density at radius 3 is 2.75 bits per heavy atom. The highest BCUT2D eigenvalue weighted by atomic mass is 16.6. The second-order valence-electron chi connectivity index (χ2n) is 2.96. The average Bonchev–Trinajstić information content (AvgIpc) is 2.34. The molecule has 0 unspecified atom stereocenters. The van der Waals surface area contributed by atoms with E-state index in [0.29, 0.717) is 12.5 Å². The molecule has 0 spiro atoms. The Labute approximate surface area is 95.7 Å². The first kappa shape index (κ1) is 12.0. The van der Waals surface area contributed by atoms with E-state index >= 15 is 0 Å². The Balaban J connectivity index is 2.64. The number of benzene rings is 1. The second-order valence-corrected chi connectivity index (χ2v) is 2.96. The van der Waals surface area contributed by atoms with Crippen LogP contribution in [0.25, 0.3) is 6.08 Å². The number of rotatable bonds is 5. The minimum atomic E-state index is 0.404. The van der Waals surface area contributed by atoms with Crippen LogP contribution in [0.1, 0.15) is 5.56 Å². The van der Waals surface area contributed by atoms with Crippen LogP contribution in [0.15, 0.2) is 54.2 Å². The largest absolute Gasteiger partial charge is 0.471 e. The molecule has 3 nitrogen and oxygen atoms in total. The van der Waals surface area contributed by atoms with Gasteiger partial charge < -0.3 is 9.57 Å². The van der Waals surface area contributed by atoms with Gasteiger partial charge in [0, 0.05) is 6.08 Å². The van der Waals surface area contributed by atoms with Crippen LogP contribution < -0.4 is 0 Å². The summed E-state index contributed by atoms with van der Waals surface area (Å²) >= 11 is 0. The first-order valence-corrected chi connectivity index (χ1v) is 4.95. The van der Waals surface area contributed by atoms with E-state index in [-0.39, 0.29) is 0 Å². The highest BCUT2D eigenvalue weighted by Gasteiger charge is 1.94. The maximum atomic E-state index is 5.27. The van der Waals surface area contributed by atoms with Gasteiger partial charge >= 0.3 is 0 Å². The lowest BCUT2D eigenvalue weighted by molar-refractivity contribution is 0.196. The lowest BCUT2D eigenvalue weighted by Crippen LogP contribution is -2.01. The van der Waals surface area contributed by atoms with Gasteiger partial charge in [0.25, 0.3) is 5.90 Å². The van der Waals surface area contributed by atoms with Gasteiger partial charge in [0.1, 0.15) is 13.7 Å². The van der Waals surface area contributed by atoms with Crippen molar-refractivity contribution in [1.82, 2.24) is 0 Å². The van der Waals surface area contributed by atoms with Crippen LogP contribution in [0.5, 0.6) is 0 Å². The molecule has 16 heavy (non-hydrogen) atoms. The SMILES string of the molecule is C=CCOC(/C=C/c1ccccc1)=N/OC. The molecule has 0 saturated heterocycles. The Bertz CT molecular complexity index is 369.